The Labute approximate surface area is 161 Å². The zero-order valence-electron chi connectivity index (χ0n) is 11.4. The molecule has 1 amide bonds. The lowest BCUT2D eigenvalue weighted by molar-refractivity contribution is -0.119. The van der Waals surface area contributed by atoms with Crippen molar-refractivity contribution in [2.75, 3.05) is 11.9 Å². The quantitative estimate of drug-likeness (QED) is 0.488. The van der Waals surface area contributed by atoms with E-state index in [1.807, 2.05) is 0 Å². The first-order valence-electron chi connectivity index (χ1n) is 6.24. The second-order valence-electron chi connectivity index (χ2n) is 4.38. The van der Waals surface area contributed by atoms with E-state index in [1.165, 1.54) is 12.1 Å². The molecule has 0 saturated heterocycles. The van der Waals surface area contributed by atoms with Gasteiger partial charge in [-0.3, -0.25) is 4.79 Å². The number of halogens is 4. The summed E-state index contributed by atoms with van der Waals surface area (Å²) in [6.45, 7) is -0.458. The molecule has 8 heteroatoms. The topological polar surface area (TPSA) is 55.4 Å². The van der Waals surface area contributed by atoms with E-state index >= 15 is 0 Å². The molecule has 0 heterocycles. The number of ether oxygens (including phenoxy) is 1. The largest absolute Gasteiger partial charge is 0.452 e. The maximum absolute atomic E-state index is 11.9. The molecule has 2 rings (SSSR count). The number of esters is 1. The Balaban J connectivity index is 1.95. The van der Waals surface area contributed by atoms with Gasteiger partial charge in [0.1, 0.15) is 0 Å². The minimum absolute atomic E-state index is 0.194. The zero-order chi connectivity index (χ0) is 17.0. The molecule has 0 atom stereocenters. The first-order valence-corrected chi connectivity index (χ1v) is 8.45. The molecular formula is C15H9Cl3INO3. The molecule has 0 aliphatic carbocycles. The number of hydrogen-bond donors (Lipinski definition) is 1. The Bertz CT molecular complexity index is 727. The highest BCUT2D eigenvalue weighted by Crippen LogP contribution is 2.33. The number of hydrogen-bond acceptors (Lipinski definition) is 3. The van der Waals surface area contributed by atoms with Crippen LogP contribution in [0.2, 0.25) is 15.1 Å². The number of rotatable bonds is 4. The number of benzene rings is 2. The smallest absolute Gasteiger partial charge is 0.338 e. The Hall–Kier alpha value is -1.02. The van der Waals surface area contributed by atoms with Gasteiger partial charge in [0.05, 0.1) is 21.3 Å². The van der Waals surface area contributed by atoms with Crippen LogP contribution in [0.25, 0.3) is 0 Å². The zero-order valence-corrected chi connectivity index (χ0v) is 15.8. The van der Waals surface area contributed by atoms with E-state index in [9.17, 15) is 9.59 Å². The van der Waals surface area contributed by atoms with Crippen molar-refractivity contribution in [2.24, 2.45) is 0 Å². The summed E-state index contributed by atoms with van der Waals surface area (Å²) in [7, 11) is 0. The first kappa shape index (κ1) is 18.3. The molecule has 2 aromatic carbocycles. The lowest BCUT2D eigenvalue weighted by Gasteiger charge is -2.10. The number of anilines is 1. The molecule has 0 fully saturated rings. The van der Waals surface area contributed by atoms with Crippen molar-refractivity contribution in [1.82, 2.24) is 0 Å². The molecular weight excluding hydrogens is 475 g/mol. The van der Waals surface area contributed by atoms with Crippen LogP contribution in [0.15, 0.2) is 36.4 Å². The standard InChI is InChI=1S/C15H9Cl3INO3/c16-9-5-11(17)14(12(18)6-9)20-13(21)7-23-15(22)8-1-3-10(19)4-2-8/h1-6H,7H2,(H,20,21). The Morgan fingerprint density at radius 3 is 2.17 bits per heavy atom. The maximum atomic E-state index is 11.9. The summed E-state index contributed by atoms with van der Waals surface area (Å²) in [6.07, 6.45) is 0. The van der Waals surface area contributed by atoms with Crippen molar-refractivity contribution in [2.45, 2.75) is 0 Å². The van der Waals surface area contributed by atoms with Gasteiger partial charge in [0, 0.05) is 8.59 Å². The van der Waals surface area contributed by atoms with Gasteiger partial charge in [0.2, 0.25) is 0 Å². The fraction of sp³-hybridized carbons (Fsp3) is 0.0667. The third kappa shape index (κ3) is 5.24. The highest BCUT2D eigenvalue weighted by molar-refractivity contribution is 14.1. The highest BCUT2D eigenvalue weighted by Gasteiger charge is 2.14. The molecule has 0 aliphatic heterocycles. The summed E-state index contributed by atoms with van der Waals surface area (Å²) in [5, 5.41) is 3.22. The summed E-state index contributed by atoms with van der Waals surface area (Å²) in [5.74, 6) is -1.15. The van der Waals surface area contributed by atoms with Gasteiger partial charge in [0.25, 0.3) is 5.91 Å². The summed E-state index contributed by atoms with van der Waals surface area (Å²) in [4.78, 5) is 23.7. The second kappa shape index (κ2) is 8.19. The van der Waals surface area contributed by atoms with Crippen LogP contribution in [0, 0.1) is 3.57 Å². The summed E-state index contributed by atoms with van der Waals surface area (Å²) in [6, 6.07) is 9.67. The van der Waals surface area contributed by atoms with Gasteiger partial charge < -0.3 is 10.1 Å². The van der Waals surface area contributed by atoms with Gasteiger partial charge >= 0.3 is 5.97 Å². The minimum Gasteiger partial charge on any atom is -0.452 e. The van der Waals surface area contributed by atoms with E-state index < -0.39 is 18.5 Å². The first-order chi connectivity index (χ1) is 10.9. The van der Waals surface area contributed by atoms with Crippen LogP contribution in [0.4, 0.5) is 5.69 Å². The molecule has 0 aromatic heterocycles. The van der Waals surface area contributed by atoms with Gasteiger partial charge in [-0.25, -0.2) is 4.79 Å². The summed E-state index contributed by atoms with van der Waals surface area (Å²) in [5.41, 5.74) is 0.578. The fourth-order valence-electron chi connectivity index (χ4n) is 1.64. The normalized spacial score (nSPS) is 10.3. The Kier molecular flexibility index (Phi) is 6.52. The third-order valence-corrected chi connectivity index (χ3v) is 4.22. The number of nitrogens with one attached hydrogen (secondary N) is 1. The number of carbonyl (C=O) groups excluding carboxylic acids is 2. The van der Waals surface area contributed by atoms with E-state index in [2.05, 4.69) is 27.9 Å². The molecule has 0 unspecified atom stereocenters. The van der Waals surface area contributed by atoms with Crippen molar-refractivity contribution < 1.29 is 14.3 Å². The lowest BCUT2D eigenvalue weighted by Crippen LogP contribution is -2.21. The molecule has 4 nitrogen and oxygen atoms in total. The van der Waals surface area contributed by atoms with Gasteiger partial charge in [-0.1, -0.05) is 34.8 Å². The number of carbonyl (C=O) groups is 2. The highest BCUT2D eigenvalue weighted by atomic mass is 127. The fourth-order valence-corrected chi connectivity index (χ4v) is 2.91. The Morgan fingerprint density at radius 1 is 1.04 bits per heavy atom. The maximum Gasteiger partial charge on any atom is 0.338 e. The molecule has 1 N–H and O–H groups in total. The molecule has 0 bridgehead atoms. The minimum atomic E-state index is -0.593. The van der Waals surface area contributed by atoms with Crippen LogP contribution >= 0.6 is 57.4 Å². The van der Waals surface area contributed by atoms with Crippen molar-refractivity contribution in [3.8, 4) is 0 Å². The molecule has 0 saturated carbocycles. The van der Waals surface area contributed by atoms with Gasteiger partial charge in [-0.15, -0.1) is 0 Å². The SMILES string of the molecule is O=C(COC(=O)c1ccc(I)cc1)Nc1c(Cl)cc(Cl)cc1Cl. The van der Waals surface area contributed by atoms with E-state index in [0.717, 1.165) is 3.57 Å². The van der Waals surface area contributed by atoms with Crippen LogP contribution in [0.1, 0.15) is 10.4 Å². The third-order valence-electron chi connectivity index (χ3n) is 2.69. The molecule has 23 heavy (non-hydrogen) atoms. The molecule has 0 spiro atoms. The van der Waals surface area contributed by atoms with Crippen LogP contribution < -0.4 is 5.32 Å². The molecule has 120 valence electrons. The van der Waals surface area contributed by atoms with Gasteiger partial charge in [0.15, 0.2) is 6.61 Å². The van der Waals surface area contributed by atoms with Gasteiger partial charge in [-0.05, 0) is 59.0 Å². The van der Waals surface area contributed by atoms with E-state index in [1.54, 1.807) is 24.3 Å². The summed E-state index contributed by atoms with van der Waals surface area (Å²) >= 11 is 19.8. The lowest BCUT2D eigenvalue weighted by atomic mass is 10.2. The van der Waals surface area contributed by atoms with Crippen molar-refractivity contribution in [1.29, 1.82) is 0 Å². The average Bonchev–Trinajstić information content (AvgIpc) is 2.49. The Morgan fingerprint density at radius 2 is 1.61 bits per heavy atom. The predicted molar refractivity (Wildman–Crippen MR) is 99.5 cm³/mol. The van der Waals surface area contributed by atoms with Crippen molar-refractivity contribution in [3.05, 3.63) is 60.6 Å². The van der Waals surface area contributed by atoms with Crippen LogP contribution in [0.3, 0.4) is 0 Å². The van der Waals surface area contributed by atoms with E-state index in [0.29, 0.717) is 10.6 Å². The van der Waals surface area contributed by atoms with E-state index in [4.69, 9.17) is 39.5 Å². The molecule has 2 aromatic rings. The average molecular weight is 485 g/mol. The second-order valence-corrected chi connectivity index (χ2v) is 6.87. The molecule has 0 radical (unpaired) electrons. The monoisotopic (exact) mass is 483 g/mol. The summed E-state index contributed by atoms with van der Waals surface area (Å²) < 4.78 is 5.93. The van der Waals surface area contributed by atoms with Crippen LogP contribution in [-0.2, 0) is 9.53 Å². The number of amides is 1. The van der Waals surface area contributed by atoms with E-state index in [-0.39, 0.29) is 15.7 Å². The van der Waals surface area contributed by atoms with Crippen LogP contribution in [-0.4, -0.2) is 18.5 Å². The van der Waals surface area contributed by atoms with Crippen molar-refractivity contribution >= 4 is 75.0 Å². The predicted octanol–water partition coefficient (Wildman–Crippen LogP) is 5.05. The van der Waals surface area contributed by atoms with Crippen LogP contribution in [0.5, 0.6) is 0 Å². The van der Waals surface area contributed by atoms with Gasteiger partial charge in [-0.2, -0.15) is 0 Å². The molecule has 0 aliphatic rings. The van der Waals surface area contributed by atoms with Crippen molar-refractivity contribution in [3.63, 3.8) is 0 Å².